The summed E-state index contributed by atoms with van der Waals surface area (Å²) in [4.78, 5) is 18.0. The molecule has 1 atom stereocenters. The Kier molecular flexibility index (Phi) is 4.17. The summed E-state index contributed by atoms with van der Waals surface area (Å²) in [6, 6.07) is 2.03. The summed E-state index contributed by atoms with van der Waals surface area (Å²) in [5.74, 6) is 1.93. The average Bonchev–Trinajstić information content (AvgIpc) is 2.43. The number of hydrogen-bond donors (Lipinski definition) is 2. The van der Waals surface area contributed by atoms with Gasteiger partial charge in [-0.25, -0.2) is 15.0 Å². The van der Waals surface area contributed by atoms with Crippen molar-refractivity contribution in [1.29, 1.82) is 0 Å². The standard InChI is InChI=1S/C19H28N6/c1-11-7-15(25-17(20)22-11)23-13-8-19(5,6)9-14-12(13)10-21-16(24-14)18(2,3)4/h7,10,13H,8-9H2,1-6H3,(H3,20,22,23,25)/t13-/m1/s1. The maximum Gasteiger partial charge on any atom is 0.222 e. The zero-order valence-corrected chi connectivity index (χ0v) is 16.0. The summed E-state index contributed by atoms with van der Waals surface area (Å²) in [6.07, 6.45) is 3.92. The minimum Gasteiger partial charge on any atom is -0.368 e. The van der Waals surface area contributed by atoms with Gasteiger partial charge in [0.25, 0.3) is 0 Å². The van der Waals surface area contributed by atoms with Crippen LogP contribution in [0.1, 0.15) is 69.9 Å². The van der Waals surface area contributed by atoms with Gasteiger partial charge in [-0.05, 0) is 25.2 Å². The molecule has 0 fully saturated rings. The van der Waals surface area contributed by atoms with Crippen molar-refractivity contribution in [3.63, 3.8) is 0 Å². The molecule has 0 saturated heterocycles. The normalized spacial score (nSPS) is 19.4. The Morgan fingerprint density at radius 2 is 1.92 bits per heavy atom. The summed E-state index contributed by atoms with van der Waals surface area (Å²) >= 11 is 0. The number of nitrogens with zero attached hydrogens (tertiary/aromatic N) is 4. The molecule has 2 heterocycles. The van der Waals surface area contributed by atoms with E-state index < -0.39 is 0 Å². The molecule has 3 rings (SSSR count). The van der Waals surface area contributed by atoms with E-state index in [0.29, 0.717) is 0 Å². The second-order valence-electron chi connectivity index (χ2n) is 8.84. The second kappa shape index (κ2) is 5.93. The van der Waals surface area contributed by atoms with Crippen LogP contribution in [0.15, 0.2) is 12.3 Å². The fourth-order valence-corrected chi connectivity index (χ4v) is 3.38. The zero-order chi connectivity index (χ0) is 18.4. The Morgan fingerprint density at radius 3 is 2.56 bits per heavy atom. The smallest absolute Gasteiger partial charge is 0.222 e. The quantitative estimate of drug-likeness (QED) is 0.868. The summed E-state index contributed by atoms with van der Waals surface area (Å²) in [6.45, 7) is 12.9. The van der Waals surface area contributed by atoms with Crippen LogP contribution in [0.3, 0.4) is 0 Å². The maximum absolute atomic E-state index is 5.79. The molecule has 25 heavy (non-hydrogen) atoms. The van der Waals surface area contributed by atoms with Crippen LogP contribution >= 0.6 is 0 Å². The first-order valence-corrected chi connectivity index (χ1v) is 8.77. The van der Waals surface area contributed by atoms with E-state index in [9.17, 15) is 0 Å². The Balaban J connectivity index is 1.98. The molecule has 0 saturated carbocycles. The van der Waals surface area contributed by atoms with Gasteiger partial charge >= 0.3 is 0 Å². The van der Waals surface area contributed by atoms with E-state index in [-0.39, 0.29) is 22.8 Å². The summed E-state index contributed by atoms with van der Waals surface area (Å²) in [5, 5.41) is 3.52. The van der Waals surface area contributed by atoms with Gasteiger partial charge in [0.2, 0.25) is 5.95 Å². The Morgan fingerprint density at radius 1 is 1.20 bits per heavy atom. The average molecular weight is 340 g/mol. The molecule has 1 aliphatic rings. The maximum atomic E-state index is 5.79. The SMILES string of the molecule is Cc1cc(N[C@@H]2CC(C)(C)Cc3nc(C(C)(C)C)ncc32)nc(N)n1. The lowest BCUT2D eigenvalue weighted by Gasteiger charge is -2.37. The van der Waals surface area contributed by atoms with Crippen LogP contribution in [0.2, 0.25) is 0 Å². The van der Waals surface area contributed by atoms with Crippen molar-refractivity contribution >= 4 is 11.8 Å². The Hall–Kier alpha value is -2.24. The van der Waals surface area contributed by atoms with Crippen LogP contribution in [-0.2, 0) is 11.8 Å². The molecule has 0 radical (unpaired) electrons. The number of aryl methyl sites for hydroxylation is 1. The van der Waals surface area contributed by atoms with Crippen molar-refractivity contribution in [3.05, 3.63) is 35.0 Å². The Labute approximate surface area is 149 Å². The first-order chi connectivity index (χ1) is 11.5. The van der Waals surface area contributed by atoms with Crippen LogP contribution in [0, 0.1) is 12.3 Å². The zero-order valence-electron chi connectivity index (χ0n) is 16.0. The molecule has 0 amide bonds. The van der Waals surface area contributed by atoms with E-state index in [2.05, 4.69) is 54.9 Å². The van der Waals surface area contributed by atoms with E-state index in [1.54, 1.807) is 0 Å². The van der Waals surface area contributed by atoms with Crippen molar-refractivity contribution in [2.45, 2.75) is 65.8 Å². The van der Waals surface area contributed by atoms with E-state index in [4.69, 9.17) is 10.7 Å². The van der Waals surface area contributed by atoms with Gasteiger partial charge in [-0.15, -0.1) is 0 Å². The van der Waals surface area contributed by atoms with E-state index in [0.717, 1.165) is 41.4 Å². The highest BCUT2D eigenvalue weighted by atomic mass is 15.1. The number of anilines is 2. The highest BCUT2D eigenvalue weighted by molar-refractivity contribution is 5.44. The molecule has 2 aromatic heterocycles. The molecule has 1 aliphatic carbocycles. The number of nitrogens with one attached hydrogen (secondary N) is 1. The molecule has 0 aromatic carbocycles. The van der Waals surface area contributed by atoms with Crippen LogP contribution in [-0.4, -0.2) is 19.9 Å². The van der Waals surface area contributed by atoms with Crippen LogP contribution in [0.5, 0.6) is 0 Å². The third kappa shape index (κ3) is 3.89. The van der Waals surface area contributed by atoms with Gasteiger partial charge in [0.05, 0.1) is 6.04 Å². The molecular formula is C19H28N6. The van der Waals surface area contributed by atoms with E-state index in [1.807, 2.05) is 19.2 Å². The van der Waals surface area contributed by atoms with Gasteiger partial charge < -0.3 is 11.1 Å². The molecule has 0 aliphatic heterocycles. The molecular weight excluding hydrogens is 312 g/mol. The number of hydrogen-bond acceptors (Lipinski definition) is 6. The van der Waals surface area contributed by atoms with Crippen molar-refractivity contribution in [2.24, 2.45) is 5.41 Å². The van der Waals surface area contributed by atoms with E-state index in [1.165, 1.54) is 0 Å². The van der Waals surface area contributed by atoms with Gasteiger partial charge in [0.15, 0.2) is 0 Å². The molecule has 6 nitrogen and oxygen atoms in total. The van der Waals surface area contributed by atoms with E-state index >= 15 is 0 Å². The second-order valence-corrected chi connectivity index (χ2v) is 8.84. The fraction of sp³-hybridized carbons (Fsp3) is 0.579. The number of fused-ring (bicyclic) bond motifs is 1. The monoisotopic (exact) mass is 340 g/mol. The van der Waals surface area contributed by atoms with Crippen LogP contribution in [0.25, 0.3) is 0 Å². The van der Waals surface area contributed by atoms with Crippen molar-refractivity contribution in [2.75, 3.05) is 11.1 Å². The molecule has 0 spiro atoms. The third-order valence-electron chi connectivity index (χ3n) is 4.54. The molecule has 134 valence electrons. The van der Waals surface area contributed by atoms with Crippen molar-refractivity contribution in [1.82, 2.24) is 19.9 Å². The number of rotatable bonds is 2. The molecule has 2 aromatic rings. The lowest BCUT2D eigenvalue weighted by molar-refractivity contribution is 0.284. The Bertz CT molecular complexity index is 771. The number of nitrogens with two attached hydrogens (primary N) is 1. The van der Waals surface area contributed by atoms with Gasteiger partial charge in [0, 0.05) is 34.6 Å². The predicted octanol–water partition coefficient (Wildman–Crippen LogP) is 3.58. The first kappa shape index (κ1) is 17.6. The fourth-order valence-electron chi connectivity index (χ4n) is 3.38. The molecule has 0 bridgehead atoms. The minimum absolute atomic E-state index is 0.0578. The lowest BCUT2D eigenvalue weighted by atomic mass is 9.74. The summed E-state index contributed by atoms with van der Waals surface area (Å²) < 4.78 is 0. The van der Waals surface area contributed by atoms with Gasteiger partial charge in [-0.2, -0.15) is 4.98 Å². The third-order valence-corrected chi connectivity index (χ3v) is 4.54. The van der Waals surface area contributed by atoms with Crippen molar-refractivity contribution < 1.29 is 0 Å². The van der Waals surface area contributed by atoms with Gasteiger partial charge in [0.1, 0.15) is 11.6 Å². The highest BCUT2D eigenvalue weighted by Crippen LogP contribution is 2.41. The van der Waals surface area contributed by atoms with Gasteiger partial charge in [-0.1, -0.05) is 34.6 Å². The van der Waals surface area contributed by atoms with Crippen LogP contribution in [0.4, 0.5) is 11.8 Å². The van der Waals surface area contributed by atoms with Crippen LogP contribution < -0.4 is 11.1 Å². The highest BCUT2D eigenvalue weighted by Gasteiger charge is 2.34. The van der Waals surface area contributed by atoms with Crippen molar-refractivity contribution in [3.8, 4) is 0 Å². The molecule has 0 unspecified atom stereocenters. The van der Waals surface area contributed by atoms with Gasteiger partial charge in [-0.3, -0.25) is 0 Å². The summed E-state index contributed by atoms with van der Waals surface area (Å²) in [7, 11) is 0. The molecule has 6 heteroatoms. The lowest BCUT2D eigenvalue weighted by Crippen LogP contribution is -2.32. The number of aromatic nitrogens is 4. The molecule has 3 N–H and O–H groups in total. The summed E-state index contributed by atoms with van der Waals surface area (Å²) in [5.41, 5.74) is 9.03. The largest absolute Gasteiger partial charge is 0.368 e. The topological polar surface area (TPSA) is 89.6 Å². The first-order valence-electron chi connectivity index (χ1n) is 8.77. The minimum atomic E-state index is -0.0578. The predicted molar refractivity (Wildman–Crippen MR) is 100 cm³/mol. The number of nitrogen functional groups attached to an aromatic ring is 1.